The summed E-state index contributed by atoms with van der Waals surface area (Å²) in [6.07, 6.45) is 1.09. The SMILES string of the molecule is CCCC(=O)C(C[N+](=O)[O-])c1cccc(Br)c1. The number of halogens is 1. The van der Waals surface area contributed by atoms with Gasteiger partial charge in [-0.3, -0.25) is 14.9 Å². The van der Waals surface area contributed by atoms with Crippen LogP contribution in [-0.4, -0.2) is 17.3 Å². The van der Waals surface area contributed by atoms with E-state index in [4.69, 9.17) is 0 Å². The summed E-state index contributed by atoms with van der Waals surface area (Å²) in [7, 11) is 0. The van der Waals surface area contributed by atoms with Crippen molar-refractivity contribution in [3.63, 3.8) is 0 Å². The van der Waals surface area contributed by atoms with Gasteiger partial charge in [-0.25, -0.2) is 0 Å². The van der Waals surface area contributed by atoms with Crippen molar-refractivity contribution in [3.05, 3.63) is 44.4 Å². The summed E-state index contributed by atoms with van der Waals surface area (Å²) < 4.78 is 0.827. The van der Waals surface area contributed by atoms with Crippen LogP contribution in [0.4, 0.5) is 0 Å². The fourth-order valence-corrected chi connectivity index (χ4v) is 2.10. The molecule has 1 aromatic rings. The zero-order chi connectivity index (χ0) is 12.8. The van der Waals surface area contributed by atoms with Crippen molar-refractivity contribution >= 4 is 21.7 Å². The second-order valence-corrected chi connectivity index (χ2v) is 4.75. The van der Waals surface area contributed by atoms with Gasteiger partial charge < -0.3 is 0 Å². The normalized spacial score (nSPS) is 12.1. The Kier molecular flexibility index (Phi) is 5.28. The number of nitrogens with zero attached hydrogens (tertiary/aromatic N) is 1. The molecule has 4 nitrogen and oxygen atoms in total. The Morgan fingerprint density at radius 3 is 2.76 bits per heavy atom. The van der Waals surface area contributed by atoms with Gasteiger partial charge in [0.1, 0.15) is 11.7 Å². The van der Waals surface area contributed by atoms with Crippen LogP contribution in [0, 0.1) is 10.1 Å². The first-order valence-corrected chi connectivity index (χ1v) is 6.24. The molecule has 0 fully saturated rings. The number of rotatable bonds is 6. The smallest absolute Gasteiger partial charge is 0.217 e. The Bertz CT molecular complexity index is 420. The topological polar surface area (TPSA) is 60.2 Å². The van der Waals surface area contributed by atoms with E-state index in [2.05, 4.69) is 15.9 Å². The van der Waals surface area contributed by atoms with Gasteiger partial charge in [0, 0.05) is 15.8 Å². The third-order valence-electron chi connectivity index (χ3n) is 2.47. The lowest BCUT2D eigenvalue weighted by Crippen LogP contribution is -2.21. The van der Waals surface area contributed by atoms with Gasteiger partial charge >= 0.3 is 0 Å². The molecule has 5 heteroatoms. The zero-order valence-corrected chi connectivity index (χ0v) is 11.1. The molecule has 0 aliphatic rings. The molecule has 0 N–H and O–H groups in total. The molecule has 1 rings (SSSR count). The van der Waals surface area contributed by atoms with Crippen molar-refractivity contribution in [1.82, 2.24) is 0 Å². The van der Waals surface area contributed by atoms with Crippen molar-refractivity contribution in [2.75, 3.05) is 6.54 Å². The summed E-state index contributed by atoms with van der Waals surface area (Å²) in [5, 5.41) is 10.6. The van der Waals surface area contributed by atoms with E-state index in [0.29, 0.717) is 18.4 Å². The number of Topliss-reactive ketones (excluding diaryl/α,β-unsaturated/α-hetero) is 1. The van der Waals surface area contributed by atoms with Gasteiger partial charge in [0.15, 0.2) is 0 Å². The van der Waals surface area contributed by atoms with Crippen LogP contribution in [0.25, 0.3) is 0 Å². The molecular formula is C12H14BrNO3. The van der Waals surface area contributed by atoms with E-state index in [1.165, 1.54) is 0 Å². The Morgan fingerprint density at radius 2 is 2.24 bits per heavy atom. The lowest BCUT2D eigenvalue weighted by Gasteiger charge is -2.12. The maximum atomic E-state index is 11.9. The van der Waals surface area contributed by atoms with E-state index < -0.39 is 10.8 Å². The standard InChI is InChI=1S/C12H14BrNO3/c1-2-4-12(15)11(8-14(16)17)9-5-3-6-10(13)7-9/h3,5-7,11H,2,4,8H2,1H3. The Hall–Kier alpha value is -1.23. The second-order valence-electron chi connectivity index (χ2n) is 3.84. The fraction of sp³-hybridized carbons (Fsp3) is 0.417. The number of carbonyl (C=O) groups excluding carboxylic acids is 1. The summed E-state index contributed by atoms with van der Waals surface area (Å²) in [6, 6.07) is 7.14. The van der Waals surface area contributed by atoms with E-state index in [0.717, 1.165) is 4.47 Å². The molecule has 17 heavy (non-hydrogen) atoms. The zero-order valence-electron chi connectivity index (χ0n) is 9.56. The molecule has 0 saturated carbocycles. The molecule has 0 radical (unpaired) electrons. The summed E-state index contributed by atoms with van der Waals surface area (Å²) in [5.41, 5.74) is 0.703. The quantitative estimate of drug-likeness (QED) is 0.599. The van der Waals surface area contributed by atoms with Crippen molar-refractivity contribution in [1.29, 1.82) is 0 Å². The molecule has 92 valence electrons. The van der Waals surface area contributed by atoms with Crippen LogP contribution in [0.3, 0.4) is 0 Å². The molecule has 1 atom stereocenters. The van der Waals surface area contributed by atoms with Crippen LogP contribution in [0.5, 0.6) is 0 Å². The minimum absolute atomic E-state index is 0.0673. The van der Waals surface area contributed by atoms with Gasteiger partial charge in [0.25, 0.3) is 0 Å². The van der Waals surface area contributed by atoms with E-state index in [9.17, 15) is 14.9 Å². The highest BCUT2D eigenvalue weighted by atomic mass is 79.9. The van der Waals surface area contributed by atoms with Gasteiger partial charge in [-0.2, -0.15) is 0 Å². The summed E-state index contributed by atoms with van der Waals surface area (Å²) in [4.78, 5) is 22.1. The van der Waals surface area contributed by atoms with Gasteiger partial charge in [0.05, 0.1) is 0 Å². The maximum absolute atomic E-state index is 11.9. The molecule has 0 saturated heterocycles. The lowest BCUT2D eigenvalue weighted by atomic mass is 9.92. The lowest BCUT2D eigenvalue weighted by molar-refractivity contribution is -0.481. The predicted molar refractivity (Wildman–Crippen MR) is 68.7 cm³/mol. The van der Waals surface area contributed by atoms with E-state index in [1.54, 1.807) is 18.2 Å². The fourth-order valence-electron chi connectivity index (χ4n) is 1.69. The summed E-state index contributed by atoms with van der Waals surface area (Å²) in [5.74, 6) is -0.704. The Morgan fingerprint density at radius 1 is 1.53 bits per heavy atom. The molecule has 1 unspecified atom stereocenters. The van der Waals surface area contributed by atoms with Gasteiger partial charge in [-0.05, 0) is 24.1 Å². The first kappa shape index (κ1) is 13.8. The van der Waals surface area contributed by atoms with Crippen molar-refractivity contribution < 1.29 is 9.72 Å². The number of hydrogen-bond donors (Lipinski definition) is 0. The molecular weight excluding hydrogens is 286 g/mol. The molecule has 0 aromatic heterocycles. The van der Waals surface area contributed by atoms with Crippen LogP contribution < -0.4 is 0 Å². The molecule has 0 heterocycles. The van der Waals surface area contributed by atoms with E-state index in [1.807, 2.05) is 13.0 Å². The third kappa shape index (κ3) is 4.26. The largest absolute Gasteiger partial charge is 0.299 e. The molecule has 0 spiro atoms. The van der Waals surface area contributed by atoms with Gasteiger partial charge in [-0.1, -0.05) is 35.0 Å². The van der Waals surface area contributed by atoms with Crippen molar-refractivity contribution in [2.24, 2.45) is 0 Å². The highest BCUT2D eigenvalue weighted by Gasteiger charge is 2.25. The van der Waals surface area contributed by atoms with Crippen LogP contribution in [0.1, 0.15) is 31.2 Å². The number of carbonyl (C=O) groups is 1. The van der Waals surface area contributed by atoms with Gasteiger partial charge in [0.2, 0.25) is 6.54 Å². The Balaban J connectivity index is 2.97. The average Bonchev–Trinajstić information content (AvgIpc) is 2.26. The van der Waals surface area contributed by atoms with Gasteiger partial charge in [-0.15, -0.1) is 0 Å². The molecule has 0 bridgehead atoms. The predicted octanol–water partition coefficient (Wildman–Crippen LogP) is 3.18. The van der Waals surface area contributed by atoms with Crippen LogP contribution >= 0.6 is 15.9 Å². The third-order valence-corrected chi connectivity index (χ3v) is 2.96. The first-order chi connectivity index (χ1) is 8.04. The molecule has 0 amide bonds. The minimum Gasteiger partial charge on any atom is -0.299 e. The number of ketones is 1. The van der Waals surface area contributed by atoms with Crippen LogP contribution in [-0.2, 0) is 4.79 Å². The first-order valence-electron chi connectivity index (χ1n) is 5.44. The van der Waals surface area contributed by atoms with Crippen molar-refractivity contribution in [2.45, 2.75) is 25.7 Å². The molecule has 0 aliphatic heterocycles. The van der Waals surface area contributed by atoms with E-state index in [-0.39, 0.29) is 12.3 Å². The Labute approximate surface area is 108 Å². The highest BCUT2D eigenvalue weighted by Crippen LogP contribution is 2.22. The second kappa shape index (κ2) is 6.49. The highest BCUT2D eigenvalue weighted by molar-refractivity contribution is 9.10. The van der Waals surface area contributed by atoms with E-state index >= 15 is 0 Å². The molecule has 0 aliphatic carbocycles. The number of benzene rings is 1. The summed E-state index contributed by atoms with van der Waals surface area (Å²) >= 11 is 3.30. The van der Waals surface area contributed by atoms with Crippen LogP contribution in [0.15, 0.2) is 28.7 Å². The maximum Gasteiger partial charge on any atom is 0.217 e. The minimum atomic E-state index is -0.637. The number of hydrogen-bond acceptors (Lipinski definition) is 3. The summed E-state index contributed by atoms with van der Waals surface area (Å²) in [6.45, 7) is 1.55. The van der Waals surface area contributed by atoms with Crippen LogP contribution in [0.2, 0.25) is 0 Å². The number of nitro groups is 1. The molecule has 1 aromatic carbocycles. The van der Waals surface area contributed by atoms with Crippen molar-refractivity contribution in [3.8, 4) is 0 Å². The average molecular weight is 300 g/mol. The monoisotopic (exact) mass is 299 g/mol.